The lowest BCUT2D eigenvalue weighted by molar-refractivity contribution is 0.0690. The van der Waals surface area contributed by atoms with E-state index >= 15 is 13.2 Å². The fourth-order valence-corrected chi connectivity index (χ4v) is 6.50. The molecule has 6 rings (SSSR count). The van der Waals surface area contributed by atoms with Gasteiger partial charge in [0.2, 0.25) is 5.36 Å². The molecule has 4 aliphatic rings. The van der Waals surface area contributed by atoms with Crippen molar-refractivity contribution in [2.24, 2.45) is 0 Å². The summed E-state index contributed by atoms with van der Waals surface area (Å²) >= 11 is 1.45. The minimum atomic E-state index is -2.42. The van der Waals surface area contributed by atoms with Crippen LogP contribution < -0.4 is 14.8 Å². The lowest BCUT2D eigenvalue weighted by atomic mass is 9.84. The molecule has 1 aliphatic carbocycles. The predicted molar refractivity (Wildman–Crippen MR) is 147 cm³/mol. The lowest BCUT2D eigenvalue weighted by Gasteiger charge is -2.33. The largest absolute Gasteiger partial charge is 0.478 e. The number of carboxylic acid groups (broad SMARTS) is 1. The van der Waals surface area contributed by atoms with Crippen LogP contribution in [0.2, 0.25) is 0 Å². The van der Waals surface area contributed by atoms with Gasteiger partial charge in [-0.1, -0.05) is 6.07 Å². The first kappa shape index (κ1) is 25.8. The molecule has 6 nitrogen and oxygen atoms in total. The summed E-state index contributed by atoms with van der Waals surface area (Å²) in [5.41, 5.74) is -3.89. The molecule has 3 aliphatic heterocycles. The van der Waals surface area contributed by atoms with E-state index in [2.05, 4.69) is 14.3 Å². The molecule has 1 atom stereocenters. The molecule has 2 fully saturated rings. The molecule has 200 valence electrons. The number of aromatic carboxylic acids is 1. The van der Waals surface area contributed by atoms with Crippen LogP contribution in [0.5, 0.6) is 0 Å². The first-order valence-electron chi connectivity index (χ1n) is 12.8. The SMILES string of the molecule is [C-]#[N+]C(C)(C#N)c1c(F)c(F)c(C(=O)O)c(-c2c3ccc(=[N+]4CCC4)cc-3sc3cc(N4CCC4)ccc23)c1F. The van der Waals surface area contributed by atoms with Gasteiger partial charge in [-0.3, -0.25) is 4.85 Å². The normalized spacial score (nSPS) is 16.1. The summed E-state index contributed by atoms with van der Waals surface area (Å²) in [6.45, 7) is 12.0. The minimum absolute atomic E-state index is 0.0781. The monoisotopic (exact) mass is 559 g/mol. The van der Waals surface area contributed by atoms with Crippen LogP contribution in [0.4, 0.5) is 18.9 Å². The molecule has 0 amide bonds. The smallest absolute Gasteiger partial charge is 0.343 e. The highest BCUT2D eigenvalue weighted by Gasteiger charge is 2.44. The molecule has 0 radical (unpaired) electrons. The first-order chi connectivity index (χ1) is 19.2. The van der Waals surface area contributed by atoms with E-state index in [4.69, 9.17) is 6.57 Å². The van der Waals surface area contributed by atoms with E-state index in [1.165, 1.54) is 11.3 Å². The van der Waals surface area contributed by atoms with Gasteiger partial charge in [0, 0.05) is 69.5 Å². The molecule has 40 heavy (non-hydrogen) atoms. The van der Waals surface area contributed by atoms with Crippen LogP contribution in [-0.2, 0) is 5.54 Å². The summed E-state index contributed by atoms with van der Waals surface area (Å²) in [4.78, 5) is 18.3. The van der Waals surface area contributed by atoms with Crippen molar-refractivity contribution < 1.29 is 23.1 Å². The lowest BCUT2D eigenvalue weighted by Crippen LogP contribution is -2.40. The van der Waals surface area contributed by atoms with Crippen molar-refractivity contribution in [2.45, 2.75) is 25.3 Å². The maximum atomic E-state index is 16.5. The Bertz CT molecular complexity index is 1860. The van der Waals surface area contributed by atoms with Gasteiger partial charge in [-0.15, -0.1) is 11.3 Å². The fraction of sp³-hybridized carbons (Fsp3) is 0.267. The van der Waals surface area contributed by atoms with Crippen LogP contribution in [0.25, 0.3) is 36.5 Å². The van der Waals surface area contributed by atoms with Gasteiger partial charge in [0.25, 0.3) is 0 Å². The summed E-state index contributed by atoms with van der Waals surface area (Å²) in [6.07, 6.45) is 2.13. The Morgan fingerprint density at radius 3 is 2.42 bits per heavy atom. The van der Waals surface area contributed by atoms with E-state index in [1.807, 2.05) is 24.3 Å². The van der Waals surface area contributed by atoms with Crippen LogP contribution in [0.15, 0.2) is 36.4 Å². The van der Waals surface area contributed by atoms with E-state index in [1.54, 1.807) is 18.2 Å². The van der Waals surface area contributed by atoms with E-state index < -0.39 is 45.7 Å². The van der Waals surface area contributed by atoms with E-state index in [0.717, 1.165) is 57.0 Å². The standard InChI is InChI=1S/C30H21F3N4O2S/c1-30(15-34,35-2)25-26(31)23(24(29(38)39)27(32)28(25)33)22-18-7-5-16(36-9-3-10-36)13-20(18)40-21-14-17(6-8-19(21)22)37-11-4-12-37/h5-8,13-14H,3-4,9-12H2,1H3/p+1. The minimum Gasteiger partial charge on any atom is -0.478 e. The summed E-state index contributed by atoms with van der Waals surface area (Å²) in [6, 6.07) is 12.6. The molecule has 2 saturated heterocycles. The second-order valence-electron chi connectivity index (χ2n) is 10.2. The van der Waals surface area contributed by atoms with Crippen LogP contribution in [0, 0.1) is 35.4 Å². The summed E-state index contributed by atoms with van der Waals surface area (Å²) in [5.74, 6) is -6.96. The second-order valence-corrected chi connectivity index (χ2v) is 11.3. The molecular formula is C30H22F3N4O2S+. The van der Waals surface area contributed by atoms with Crippen LogP contribution in [0.3, 0.4) is 0 Å². The van der Waals surface area contributed by atoms with E-state index in [0.29, 0.717) is 20.5 Å². The third kappa shape index (κ3) is 3.75. The summed E-state index contributed by atoms with van der Waals surface area (Å²) in [7, 11) is 0. The van der Waals surface area contributed by atoms with Gasteiger partial charge < -0.3 is 10.0 Å². The number of anilines is 1. The first-order valence-corrected chi connectivity index (χ1v) is 13.6. The Labute approximate surface area is 231 Å². The topological polar surface area (TPSA) is 71.7 Å². The third-order valence-corrected chi connectivity index (χ3v) is 8.96. The maximum Gasteiger partial charge on any atom is 0.343 e. The molecule has 2 aromatic carbocycles. The number of carbonyl (C=O) groups is 1. The predicted octanol–water partition coefficient (Wildman–Crippen LogP) is 5.83. The molecule has 10 heteroatoms. The quantitative estimate of drug-likeness (QED) is 0.148. The highest BCUT2D eigenvalue weighted by atomic mass is 32.1. The van der Waals surface area contributed by atoms with Gasteiger partial charge >= 0.3 is 11.5 Å². The van der Waals surface area contributed by atoms with Crippen molar-refractivity contribution in [3.8, 4) is 27.6 Å². The van der Waals surface area contributed by atoms with Crippen molar-refractivity contribution in [2.75, 3.05) is 31.1 Å². The number of carboxylic acids is 1. The molecule has 0 saturated carbocycles. The molecular weight excluding hydrogens is 537 g/mol. The molecule has 0 aromatic heterocycles. The summed E-state index contributed by atoms with van der Waals surface area (Å²) in [5, 5.41) is 21.1. The van der Waals surface area contributed by atoms with Gasteiger partial charge in [-0.25, -0.2) is 29.1 Å². The molecule has 1 unspecified atom stereocenters. The van der Waals surface area contributed by atoms with Crippen molar-refractivity contribution in [3.63, 3.8) is 0 Å². The number of rotatable bonds is 4. The average molecular weight is 560 g/mol. The van der Waals surface area contributed by atoms with Gasteiger partial charge in [-0.2, -0.15) is 5.26 Å². The fourth-order valence-electron chi connectivity index (χ4n) is 5.34. The number of hydrogen-bond donors (Lipinski definition) is 1. The second kappa shape index (κ2) is 9.35. The zero-order valence-corrected chi connectivity index (χ0v) is 22.2. The Morgan fingerprint density at radius 2 is 1.85 bits per heavy atom. The van der Waals surface area contributed by atoms with Crippen LogP contribution in [-0.4, -0.2) is 37.3 Å². The highest BCUT2D eigenvalue weighted by Crippen LogP contribution is 2.48. The number of nitriles is 1. The van der Waals surface area contributed by atoms with Gasteiger partial charge in [0.05, 0.1) is 6.42 Å². The Balaban J connectivity index is 1.79. The third-order valence-electron chi connectivity index (χ3n) is 7.84. The van der Waals surface area contributed by atoms with Crippen molar-refractivity contribution in [1.29, 1.82) is 5.26 Å². The number of hydrogen-bond acceptors (Lipinski definition) is 4. The molecule has 2 aromatic rings. The summed E-state index contributed by atoms with van der Waals surface area (Å²) < 4.78 is 50.2. The van der Waals surface area contributed by atoms with Crippen molar-refractivity contribution >= 4 is 33.1 Å². The zero-order valence-electron chi connectivity index (χ0n) is 21.4. The van der Waals surface area contributed by atoms with E-state index in [-0.39, 0.29) is 5.56 Å². The number of benzene rings is 3. The average Bonchev–Trinajstić information content (AvgIpc) is 2.87. The van der Waals surface area contributed by atoms with Gasteiger partial charge in [-0.05, 0) is 24.6 Å². The number of halogens is 3. The van der Waals surface area contributed by atoms with Crippen molar-refractivity contribution in [3.05, 3.63) is 81.8 Å². The molecule has 0 bridgehead atoms. The Hall–Kier alpha value is -4.41. The molecule has 3 heterocycles. The highest BCUT2D eigenvalue weighted by molar-refractivity contribution is 7.21. The van der Waals surface area contributed by atoms with Gasteiger partial charge in [0.1, 0.15) is 30.0 Å². The van der Waals surface area contributed by atoms with Crippen molar-refractivity contribution in [1.82, 2.24) is 4.58 Å². The zero-order chi connectivity index (χ0) is 28.3. The Morgan fingerprint density at radius 1 is 1.10 bits per heavy atom. The maximum absolute atomic E-state index is 16.5. The van der Waals surface area contributed by atoms with Crippen LogP contribution in [0.1, 0.15) is 35.7 Å². The van der Waals surface area contributed by atoms with E-state index in [9.17, 15) is 15.2 Å². The molecule has 0 spiro atoms. The number of nitrogens with zero attached hydrogens (tertiary/aromatic N) is 4. The van der Waals surface area contributed by atoms with Crippen LogP contribution >= 0.6 is 11.3 Å². The Kier molecular flexibility index (Phi) is 6.04. The number of fused-ring (bicyclic) bond motifs is 2. The molecule has 1 N–H and O–H groups in total. The van der Waals surface area contributed by atoms with Gasteiger partial charge in [0.15, 0.2) is 17.7 Å².